The minimum absolute atomic E-state index is 0.0224. The summed E-state index contributed by atoms with van der Waals surface area (Å²) in [7, 11) is -3.63. The van der Waals surface area contributed by atoms with Crippen LogP contribution in [0.25, 0.3) is 10.7 Å². The van der Waals surface area contributed by atoms with Gasteiger partial charge in [-0.2, -0.15) is 9.29 Å². The Bertz CT molecular complexity index is 959. The van der Waals surface area contributed by atoms with E-state index in [1.165, 1.54) is 15.6 Å². The zero-order valence-electron chi connectivity index (χ0n) is 17.3. The Hall–Kier alpha value is -1.78. The minimum Gasteiger partial charge on any atom is -0.353 e. The van der Waals surface area contributed by atoms with Crippen molar-refractivity contribution in [2.75, 3.05) is 13.1 Å². The van der Waals surface area contributed by atoms with E-state index in [1.54, 1.807) is 13.0 Å². The number of aryl methyl sites for hydroxylation is 2. The van der Waals surface area contributed by atoms with Crippen molar-refractivity contribution < 1.29 is 17.7 Å². The fourth-order valence-electron chi connectivity index (χ4n) is 3.29. The summed E-state index contributed by atoms with van der Waals surface area (Å²) in [5.74, 6) is 0.820. The fourth-order valence-corrected chi connectivity index (χ4v) is 6.25. The Balaban J connectivity index is 1.71. The van der Waals surface area contributed by atoms with Gasteiger partial charge in [-0.3, -0.25) is 4.79 Å². The Labute approximate surface area is 175 Å². The van der Waals surface area contributed by atoms with Crippen molar-refractivity contribution in [3.63, 3.8) is 0 Å². The number of nitrogens with zero attached hydrogens (tertiary/aromatic N) is 3. The van der Waals surface area contributed by atoms with E-state index in [4.69, 9.17) is 4.52 Å². The SMILES string of the molecule is CCc1nc(-c2cc(S(=O)(=O)N3CCC(C(=O)NC(C)CC)CC3)c(C)s2)no1. The molecule has 2 aromatic rings. The third-order valence-electron chi connectivity index (χ3n) is 5.31. The van der Waals surface area contributed by atoms with E-state index in [9.17, 15) is 13.2 Å². The molecule has 0 aliphatic carbocycles. The molecule has 2 aromatic heterocycles. The molecule has 1 atom stereocenters. The molecule has 0 spiro atoms. The first-order chi connectivity index (χ1) is 13.8. The van der Waals surface area contributed by atoms with Crippen molar-refractivity contribution in [2.24, 2.45) is 5.92 Å². The highest BCUT2D eigenvalue weighted by Crippen LogP contribution is 2.34. The molecular formula is C19H28N4O4S2. The lowest BCUT2D eigenvalue weighted by Gasteiger charge is -2.31. The van der Waals surface area contributed by atoms with E-state index >= 15 is 0 Å². The normalized spacial score (nSPS) is 17.4. The van der Waals surface area contributed by atoms with Crippen LogP contribution >= 0.6 is 11.3 Å². The summed E-state index contributed by atoms with van der Waals surface area (Å²) in [4.78, 5) is 18.3. The first kappa shape index (κ1) is 21.9. The van der Waals surface area contributed by atoms with E-state index < -0.39 is 10.0 Å². The number of amides is 1. The first-order valence-electron chi connectivity index (χ1n) is 10.00. The number of piperidine rings is 1. The lowest BCUT2D eigenvalue weighted by molar-refractivity contribution is -0.126. The van der Waals surface area contributed by atoms with Crippen molar-refractivity contribution in [3.8, 4) is 10.7 Å². The number of nitrogens with one attached hydrogen (secondary N) is 1. The van der Waals surface area contributed by atoms with Gasteiger partial charge in [-0.1, -0.05) is 19.0 Å². The number of sulfonamides is 1. The lowest BCUT2D eigenvalue weighted by atomic mass is 9.97. The highest BCUT2D eigenvalue weighted by Gasteiger charge is 2.34. The number of carbonyl (C=O) groups is 1. The van der Waals surface area contributed by atoms with E-state index in [-0.39, 0.29) is 22.8 Å². The molecule has 3 rings (SSSR count). The molecule has 3 heterocycles. The topological polar surface area (TPSA) is 105 Å². The molecule has 160 valence electrons. The van der Waals surface area contributed by atoms with E-state index in [0.717, 1.165) is 6.42 Å². The van der Waals surface area contributed by atoms with Crippen LogP contribution in [0.4, 0.5) is 0 Å². The van der Waals surface area contributed by atoms with Gasteiger partial charge in [0.05, 0.1) is 9.77 Å². The van der Waals surface area contributed by atoms with Crippen molar-refractivity contribution in [1.29, 1.82) is 0 Å². The van der Waals surface area contributed by atoms with Gasteiger partial charge in [-0.05, 0) is 39.2 Å². The first-order valence-corrected chi connectivity index (χ1v) is 12.3. The number of rotatable bonds is 7. The van der Waals surface area contributed by atoms with Gasteiger partial charge in [0.25, 0.3) is 0 Å². The molecule has 0 aromatic carbocycles. The van der Waals surface area contributed by atoms with Gasteiger partial charge in [0.15, 0.2) is 0 Å². The maximum Gasteiger partial charge on any atom is 0.244 e. The number of carbonyl (C=O) groups excluding carboxylic acids is 1. The Morgan fingerprint density at radius 1 is 1.38 bits per heavy atom. The van der Waals surface area contributed by atoms with Crippen LogP contribution in [-0.2, 0) is 21.2 Å². The summed E-state index contributed by atoms with van der Waals surface area (Å²) in [6.45, 7) is 8.38. The lowest BCUT2D eigenvalue weighted by Crippen LogP contribution is -2.44. The van der Waals surface area contributed by atoms with Gasteiger partial charge >= 0.3 is 0 Å². The molecule has 1 fully saturated rings. The second kappa shape index (κ2) is 8.93. The van der Waals surface area contributed by atoms with Crippen molar-refractivity contribution in [3.05, 3.63) is 16.8 Å². The van der Waals surface area contributed by atoms with E-state index in [0.29, 0.717) is 53.8 Å². The molecule has 1 N–H and O–H groups in total. The molecule has 0 radical (unpaired) electrons. The van der Waals surface area contributed by atoms with Gasteiger partial charge in [-0.25, -0.2) is 8.42 Å². The molecule has 0 saturated carbocycles. The summed E-state index contributed by atoms with van der Waals surface area (Å²) in [6.07, 6.45) is 2.56. The van der Waals surface area contributed by atoms with Crippen LogP contribution < -0.4 is 5.32 Å². The van der Waals surface area contributed by atoms with E-state index in [1.807, 2.05) is 20.8 Å². The highest BCUT2D eigenvalue weighted by atomic mass is 32.2. The van der Waals surface area contributed by atoms with Crippen LogP contribution in [-0.4, -0.2) is 47.9 Å². The number of hydrogen-bond donors (Lipinski definition) is 1. The molecule has 1 unspecified atom stereocenters. The van der Waals surface area contributed by atoms with Gasteiger partial charge in [-0.15, -0.1) is 11.3 Å². The predicted octanol–water partition coefficient (Wildman–Crippen LogP) is 2.98. The molecule has 29 heavy (non-hydrogen) atoms. The second-order valence-electron chi connectivity index (χ2n) is 7.39. The fraction of sp³-hybridized carbons (Fsp3) is 0.632. The quantitative estimate of drug-likeness (QED) is 0.710. The van der Waals surface area contributed by atoms with Crippen LogP contribution in [0.5, 0.6) is 0 Å². The predicted molar refractivity (Wildman–Crippen MR) is 111 cm³/mol. The third-order valence-corrected chi connectivity index (χ3v) is 8.51. The van der Waals surface area contributed by atoms with Gasteiger partial charge in [0.2, 0.25) is 27.6 Å². The van der Waals surface area contributed by atoms with E-state index in [2.05, 4.69) is 15.5 Å². The standard InChI is InChI=1S/C19H28N4O4S2/c1-5-12(3)20-19(24)14-7-9-23(10-8-14)29(25,26)16-11-15(28-13(16)4)18-21-17(6-2)27-22-18/h11-12,14H,5-10H2,1-4H3,(H,20,24). The molecule has 1 aliphatic heterocycles. The summed E-state index contributed by atoms with van der Waals surface area (Å²) in [5, 5.41) is 6.93. The average molecular weight is 441 g/mol. The number of aromatic nitrogens is 2. The monoisotopic (exact) mass is 440 g/mol. The molecular weight excluding hydrogens is 412 g/mol. The van der Waals surface area contributed by atoms with Crippen LogP contribution in [0.3, 0.4) is 0 Å². The molecule has 10 heteroatoms. The number of thiophene rings is 1. The molecule has 1 aliphatic rings. The molecule has 8 nitrogen and oxygen atoms in total. The summed E-state index contributed by atoms with van der Waals surface area (Å²) < 4.78 is 33.0. The maximum absolute atomic E-state index is 13.2. The van der Waals surface area contributed by atoms with Crippen LogP contribution in [0.15, 0.2) is 15.5 Å². The Kier molecular flexibility index (Phi) is 6.75. The average Bonchev–Trinajstić information content (AvgIpc) is 3.34. The molecule has 1 saturated heterocycles. The van der Waals surface area contributed by atoms with Crippen molar-refractivity contribution in [1.82, 2.24) is 19.8 Å². The third kappa shape index (κ3) is 4.70. The smallest absolute Gasteiger partial charge is 0.244 e. The number of hydrogen-bond acceptors (Lipinski definition) is 7. The van der Waals surface area contributed by atoms with Gasteiger partial charge < -0.3 is 9.84 Å². The molecule has 1 amide bonds. The summed E-state index contributed by atoms with van der Waals surface area (Å²) in [5.41, 5.74) is 0. The largest absolute Gasteiger partial charge is 0.353 e. The zero-order valence-corrected chi connectivity index (χ0v) is 18.9. The second-order valence-corrected chi connectivity index (χ2v) is 10.6. The van der Waals surface area contributed by atoms with Gasteiger partial charge in [0, 0.05) is 36.3 Å². The Morgan fingerprint density at radius 2 is 2.07 bits per heavy atom. The maximum atomic E-state index is 13.2. The van der Waals surface area contributed by atoms with Crippen molar-refractivity contribution >= 4 is 27.3 Å². The van der Waals surface area contributed by atoms with Crippen LogP contribution in [0.2, 0.25) is 0 Å². The zero-order chi connectivity index (χ0) is 21.2. The molecule has 0 bridgehead atoms. The summed E-state index contributed by atoms with van der Waals surface area (Å²) >= 11 is 1.34. The van der Waals surface area contributed by atoms with Crippen molar-refractivity contribution in [2.45, 2.75) is 64.3 Å². The van der Waals surface area contributed by atoms with Crippen LogP contribution in [0.1, 0.15) is 50.8 Å². The van der Waals surface area contributed by atoms with Crippen LogP contribution in [0, 0.1) is 12.8 Å². The minimum atomic E-state index is -3.63. The van der Waals surface area contributed by atoms with Gasteiger partial charge in [0.1, 0.15) is 0 Å². The highest BCUT2D eigenvalue weighted by molar-refractivity contribution is 7.89. The summed E-state index contributed by atoms with van der Waals surface area (Å²) in [6, 6.07) is 1.76. The Morgan fingerprint density at radius 3 is 2.66 bits per heavy atom.